The number of piperazine rings is 1. The largest absolute Gasteiger partial charge is 0.322 e. The van der Waals surface area contributed by atoms with Gasteiger partial charge in [-0.2, -0.15) is 5.10 Å². The number of aromatic amines is 1. The molecule has 0 unspecified atom stereocenters. The van der Waals surface area contributed by atoms with Gasteiger partial charge in [-0.15, -0.1) is 0 Å². The number of anilines is 1. The van der Waals surface area contributed by atoms with Gasteiger partial charge in [-0.05, 0) is 23.3 Å². The first-order valence-corrected chi connectivity index (χ1v) is 12.5. The fraction of sp³-hybridized carbons (Fsp3) is 0.200. The van der Waals surface area contributed by atoms with Crippen LogP contribution in [0.2, 0.25) is 0 Å². The number of H-pyrrole nitrogens is 1. The molecule has 1 aliphatic carbocycles. The monoisotopic (exact) mass is 475 g/mol. The van der Waals surface area contributed by atoms with E-state index >= 15 is 0 Å². The second-order valence-electron chi connectivity index (χ2n) is 9.37. The summed E-state index contributed by atoms with van der Waals surface area (Å²) in [6.45, 7) is 4.09. The summed E-state index contributed by atoms with van der Waals surface area (Å²) in [5.41, 5.74) is 8.97. The summed E-state index contributed by atoms with van der Waals surface area (Å²) < 4.78 is 0. The Kier molecular flexibility index (Phi) is 6.10. The zero-order valence-corrected chi connectivity index (χ0v) is 20.2. The highest BCUT2D eigenvalue weighted by molar-refractivity contribution is 5.90. The maximum Gasteiger partial charge on any atom is 0.321 e. The number of benzene rings is 3. The molecular formula is C30H29N5O. The van der Waals surface area contributed by atoms with Crippen LogP contribution in [0.25, 0.3) is 28.6 Å². The Morgan fingerprint density at radius 1 is 0.917 bits per heavy atom. The molecule has 1 saturated heterocycles. The normalized spacial score (nSPS) is 15.2. The van der Waals surface area contributed by atoms with E-state index in [9.17, 15) is 4.79 Å². The topological polar surface area (TPSA) is 64.3 Å². The van der Waals surface area contributed by atoms with E-state index in [1.54, 1.807) is 0 Å². The molecule has 0 radical (unpaired) electrons. The van der Waals surface area contributed by atoms with Crippen molar-refractivity contribution in [1.29, 1.82) is 0 Å². The summed E-state index contributed by atoms with van der Waals surface area (Å²) in [7, 11) is 0. The van der Waals surface area contributed by atoms with Crippen molar-refractivity contribution < 1.29 is 4.79 Å². The van der Waals surface area contributed by atoms with Crippen LogP contribution in [0.5, 0.6) is 0 Å². The lowest BCUT2D eigenvalue weighted by molar-refractivity contribution is 0.156. The molecule has 2 heterocycles. The van der Waals surface area contributed by atoms with Crippen LogP contribution in [0.15, 0.2) is 84.9 Å². The lowest BCUT2D eigenvalue weighted by atomic mass is 10.1. The van der Waals surface area contributed by atoms with Gasteiger partial charge in [0.1, 0.15) is 0 Å². The van der Waals surface area contributed by atoms with Crippen molar-refractivity contribution >= 4 is 17.8 Å². The minimum Gasteiger partial charge on any atom is -0.322 e. The highest BCUT2D eigenvalue weighted by atomic mass is 16.2. The van der Waals surface area contributed by atoms with Gasteiger partial charge in [0.15, 0.2) is 0 Å². The van der Waals surface area contributed by atoms with E-state index in [2.05, 4.69) is 69.0 Å². The second-order valence-corrected chi connectivity index (χ2v) is 9.37. The Bertz CT molecular complexity index is 1380. The quantitative estimate of drug-likeness (QED) is 0.352. The molecule has 6 nitrogen and oxygen atoms in total. The van der Waals surface area contributed by atoms with Crippen molar-refractivity contribution in [3.63, 3.8) is 0 Å². The summed E-state index contributed by atoms with van der Waals surface area (Å²) in [5.74, 6) is 0. The zero-order valence-electron chi connectivity index (χ0n) is 20.2. The highest BCUT2D eigenvalue weighted by Gasteiger charge is 2.25. The molecule has 2 amide bonds. The highest BCUT2D eigenvalue weighted by Crippen LogP contribution is 2.39. The van der Waals surface area contributed by atoms with Gasteiger partial charge in [0, 0.05) is 61.5 Å². The first-order chi connectivity index (χ1) is 17.7. The SMILES string of the molecule is O=C(Nc1ccc(-c2n[nH]c3c2Cc2ccccc2-3)cc1)N1CCN(C/C=C/c2ccccc2)CC1. The number of carbonyl (C=O) groups excluding carboxylic acids is 1. The number of rotatable bonds is 5. The maximum absolute atomic E-state index is 12.8. The van der Waals surface area contributed by atoms with Crippen LogP contribution in [0.3, 0.4) is 0 Å². The van der Waals surface area contributed by atoms with Gasteiger partial charge < -0.3 is 10.2 Å². The van der Waals surface area contributed by atoms with Gasteiger partial charge in [-0.3, -0.25) is 10.00 Å². The smallest absolute Gasteiger partial charge is 0.321 e. The van der Waals surface area contributed by atoms with Crippen LogP contribution in [-0.4, -0.2) is 58.8 Å². The molecule has 1 fully saturated rings. The first kappa shape index (κ1) is 22.3. The molecule has 1 aliphatic heterocycles. The first-order valence-electron chi connectivity index (χ1n) is 12.5. The van der Waals surface area contributed by atoms with Gasteiger partial charge in [0.2, 0.25) is 0 Å². The van der Waals surface area contributed by atoms with Crippen molar-refractivity contribution in [3.05, 3.63) is 102 Å². The van der Waals surface area contributed by atoms with Crippen molar-refractivity contribution in [2.75, 3.05) is 38.0 Å². The van der Waals surface area contributed by atoms with E-state index in [4.69, 9.17) is 0 Å². The Labute approximate surface area is 211 Å². The van der Waals surface area contributed by atoms with Crippen molar-refractivity contribution in [2.45, 2.75) is 6.42 Å². The number of nitrogens with one attached hydrogen (secondary N) is 2. The molecule has 2 N–H and O–H groups in total. The van der Waals surface area contributed by atoms with Crippen LogP contribution >= 0.6 is 0 Å². The summed E-state index contributed by atoms with van der Waals surface area (Å²) in [6.07, 6.45) is 5.24. The van der Waals surface area contributed by atoms with Crippen LogP contribution in [0.1, 0.15) is 16.7 Å². The fourth-order valence-corrected chi connectivity index (χ4v) is 5.06. The van der Waals surface area contributed by atoms with Gasteiger partial charge in [-0.1, -0.05) is 78.9 Å². The average Bonchev–Trinajstić information content (AvgIpc) is 3.50. The van der Waals surface area contributed by atoms with E-state index in [1.165, 1.54) is 22.3 Å². The van der Waals surface area contributed by atoms with Crippen LogP contribution in [-0.2, 0) is 6.42 Å². The number of hydrogen-bond donors (Lipinski definition) is 2. The molecular weight excluding hydrogens is 446 g/mol. The molecule has 3 aromatic carbocycles. The Hall–Kier alpha value is -4.16. The van der Waals surface area contributed by atoms with Gasteiger partial charge >= 0.3 is 6.03 Å². The molecule has 0 spiro atoms. The third-order valence-corrected chi connectivity index (χ3v) is 7.06. The summed E-state index contributed by atoms with van der Waals surface area (Å²) in [4.78, 5) is 17.1. The van der Waals surface area contributed by atoms with Gasteiger partial charge in [0.25, 0.3) is 0 Å². The Balaban J connectivity index is 1.02. The third kappa shape index (κ3) is 4.55. The minimum atomic E-state index is -0.0432. The fourth-order valence-electron chi connectivity index (χ4n) is 5.06. The standard InChI is InChI=1S/C30H29N5O/c36-30(35-19-17-34(18-20-35)16-6-9-22-7-2-1-3-8-22)31-25-14-12-23(13-15-25)28-27-21-24-10-4-5-11-26(24)29(27)33-32-28/h1-15H,16-21H2,(H,31,36)(H,32,33)/b9-6+. The van der Waals surface area contributed by atoms with E-state index in [-0.39, 0.29) is 6.03 Å². The molecule has 4 aromatic rings. The van der Waals surface area contributed by atoms with E-state index in [1.807, 2.05) is 47.4 Å². The zero-order chi connectivity index (χ0) is 24.3. The molecule has 0 saturated carbocycles. The number of hydrogen-bond acceptors (Lipinski definition) is 3. The summed E-state index contributed by atoms with van der Waals surface area (Å²) >= 11 is 0. The second kappa shape index (κ2) is 9.84. The lowest BCUT2D eigenvalue weighted by Crippen LogP contribution is -2.49. The number of amides is 2. The van der Waals surface area contributed by atoms with E-state index in [0.29, 0.717) is 0 Å². The molecule has 6 rings (SSSR count). The molecule has 2 aliphatic rings. The molecule has 0 bridgehead atoms. The number of nitrogens with zero attached hydrogens (tertiary/aromatic N) is 3. The Morgan fingerprint density at radius 3 is 2.47 bits per heavy atom. The summed E-state index contributed by atoms with van der Waals surface area (Å²) in [6, 6.07) is 26.7. The Morgan fingerprint density at radius 2 is 1.67 bits per heavy atom. The molecule has 180 valence electrons. The van der Waals surface area contributed by atoms with Crippen LogP contribution < -0.4 is 5.32 Å². The van der Waals surface area contributed by atoms with E-state index in [0.717, 1.165) is 61.8 Å². The van der Waals surface area contributed by atoms with Crippen LogP contribution in [0, 0.1) is 0 Å². The van der Waals surface area contributed by atoms with Crippen molar-refractivity contribution in [3.8, 4) is 22.5 Å². The van der Waals surface area contributed by atoms with Gasteiger partial charge in [0.05, 0.1) is 11.4 Å². The molecule has 36 heavy (non-hydrogen) atoms. The third-order valence-electron chi connectivity index (χ3n) is 7.06. The van der Waals surface area contributed by atoms with Crippen molar-refractivity contribution in [2.24, 2.45) is 0 Å². The number of urea groups is 1. The lowest BCUT2D eigenvalue weighted by Gasteiger charge is -2.34. The molecule has 1 aromatic heterocycles. The summed E-state index contributed by atoms with van der Waals surface area (Å²) in [5, 5.41) is 10.9. The van der Waals surface area contributed by atoms with Crippen molar-refractivity contribution in [1.82, 2.24) is 20.0 Å². The predicted molar refractivity (Wildman–Crippen MR) is 145 cm³/mol. The van der Waals surface area contributed by atoms with E-state index < -0.39 is 0 Å². The number of aromatic nitrogens is 2. The average molecular weight is 476 g/mol. The van der Waals surface area contributed by atoms with Crippen LogP contribution in [0.4, 0.5) is 10.5 Å². The molecule has 0 atom stereocenters. The molecule has 6 heteroatoms. The maximum atomic E-state index is 12.8. The number of carbonyl (C=O) groups is 1. The minimum absolute atomic E-state index is 0.0432. The predicted octanol–water partition coefficient (Wildman–Crippen LogP) is 5.51. The number of fused-ring (bicyclic) bond motifs is 3. The van der Waals surface area contributed by atoms with Gasteiger partial charge in [-0.25, -0.2) is 4.79 Å².